The molecule has 3 rings (SSSR count). The number of hydrogen-bond donors (Lipinski definition) is 1. The molecule has 8 heteroatoms. The van der Waals surface area contributed by atoms with Crippen LogP contribution >= 0.6 is 11.8 Å². The van der Waals surface area contributed by atoms with Crippen molar-refractivity contribution in [1.82, 2.24) is 9.97 Å². The highest BCUT2D eigenvalue weighted by atomic mass is 32.2. The molecule has 142 valence electrons. The van der Waals surface area contributed by atoms with Gasteiger partial charge in [-0.3, -0.25) is 4.79 Å². The number of esters is 1. The number of nitriles is 1. The summed E-state index contributed by atoms with van der Waals surface area (Å²) in [7, 11) is 0. The lowest BCUT2D eigenvalue weighted by molar-refractivity contribution is 0.0505. The van der Waals surface area contributed by atoms with Crippen LogP contribution in [0.3, 0.4) is 0 Å². The van der Waals surface area contributed by atoms with E-state index in [1.165, 1.54) is 18.0 Å². The Hall–Kier alpha value is -3.31. The summed E-state index contributed by atoms with van der Waals surface area (Å²) in [5.41, 5.74) is 1.05. The summed E-state index contributed by atoms with van der Waals surface area (Å²) in [6.07, 6.45) is 2.23. The molecule has 2 heterocycles. The summed E-state index contributed by atoms with van der Waals surface area (Å²) in [6, 6.07) is 12.2. The van der Waals surface area contributed by atoms with E-state index in [-0.39, 0.29) is 17.2 Å². The van der Waals surface area contributed by atoms with E-state index < -0.39 is 5.56 Å². The van der Waals surface area contributed by atoms with Gasteiger partial charge in [0, 0.05) is 5.75 Å². The maximum Gasteiger partial charge on any atom is 0.338 e. The molecule has 0 radical (unpaired) electrons. The topological polar surface area (TPSA) is 109 Å². The second-order valence-electron chi connectivity index (χ2n) is 5.81. The van der Waals surface area contributed by atoms with Gasteiger partial charge in [-0.2, -0.15) is 5.26 Å². The van der Waals surface area contributed by atoms with Crippen LogP contribution < -0.4 is 5.56 Å². The smallest absolute Gasteiger partial charge is 0.338 e. The minimum absolute atomic E-state index is 0.0887. The first-order chi connectivity index (χ1) is 13.6. The molecule has 0 spiro atoms. The van der Waals surface area contributed by atoms with Crippen LogP contribution in [0.4, 0.5) is 0 Å². The molecular formula is C20H17N3O4S. The zero-order valence-electron chi connectivity index (χ0n) is 15.1. The van der Waals surface area contributed by atoms with Gasteiger partial charge >= 0.3 is 5.97 Å². The first kappa shape index (κ1) is 19.5. The number of aromatic nitrogens is 2. The number of thioether (sulfide) groups is 1. The van der Waals surface area contributed by atoms with E-state index in [1.54, 1.807) is 24.3 Å². The van der Waals surface area contributed by atoms with Crippen molar-refractivity contribution in [3.05, 3.63) is 69.7 Å². The molecule has 1 N–H and O–H groups in total. The number of furan rings is 1. The first-order valence-electron chi connectivity index (χ1n) is 8.59. The number of nitrogens with zero attached hydrogens (tertiary/aromatic N) is 2. The predicted molar refractivity (Wildman–Crippen MR) is 104 cm³/mol. The van der Waals surface area contributed by atoms with Gasteiger partial charge in [-0.25, -0.2) is 9.78 Å². The molecule has 0 fully saturated rings. The lowest BCUT2D eigenvalue weighted by atomic mass is 10.1. The molecule has 0 saturated carbocycles. The van der Waals surface area contributed by atoms with Crippen LogP contribution in [0.5, 0.6) is 0 Å². The van der Waals surface area contributed by atoms with Gasteiger partial charge in [-0.05, 0) is 36.2 Å². The lowest BCUT2D eigenvalue weighted by Crippen LogP contribution is -2.14. The molecule has 0 amide bonds. The molecule has 2 aromatic heterocycles. The van der Waals surface area contributed by atoms with Crippen molar-refractivity contribution in [2.45, 2.75) is 24.3 Å². The maximum absolute atomic E-state index is 12.2. The standard InChI is InChI=1S/C20H17N3O4S/c1-2-9-27-19(25)14-7-5-13(6-8-14)12-28-20-22-17(16-4-3-10-26-16)15(11-21)18(24)23-20/h3-8,10H,2,9,12H2,1H3,(H,22,23,24). The lowest BCUT2D eigenvalue weighted by Gasteiger charge is -2.06. The second kappa shape index (κ2) is 9.06. The molecule has 0 unspecified atom stereocenters. The van der Waals surface area contributed by atoms with Crippen LogP contribution in [-0.4, -0.2) is 22.5 Å². The number of nitrogens with one attached hydrogen (secondary N) is 1. The van der Waals surface area contributed by atoms with Gasteiger partial charge in [0.25, 0.3) is 5.56 Å². The SMILES string of the molecule is CCCOC(=O)c1ccc(CSc2nc(-c3ccco3)c(C#N)c(=O)[nH]2)cc1. The number of H-pyrrole nitrogens is 1. The van der Waals surface area contributed by atoms with Crippen LogP contribution in [0, 0.1) is 11.3 Å². The number of rotatable bonds is 7. The Bertz CT molecular complexity index is 1050. The van der Waals surface area contributed by atoms with E-state index in [0.717, 1.165) is 12.0 Å². The highest BCUT2D eigenvalue weighted by molar-refractivity contribution is 7.98. The minimum atomic E-state index is -0.514. The number of aromatic amines is 1. The summed E-state index contributed by atoms with van der Waals surface area (Å²) < 4.78 is 10.4. The Balaban J connectivity index is 1.74. The van der Waals surface area contributed by atoms with Crippen LogP contribution in [0.25, 0.3) is 11.5 Å². The summed E-state index contributed by atoms with van der Waals surface area (Å²) in [5, 5.41) is 9.60. The van der Waals surface area contributed by atoms with Gasteiger partial charge in [0.15, 0.2) is 10.9 Å². The zero-order valence-corrected chi connectivity index (χ0v) is 15.9. The fourth-order valence-electron chi connectivity index (χ4n) is 2.38. The van der Waals surface area contributed by atoms with Crippen LogP contribution in [0.1, 0.15) is 34.8 Å². The van der Waals surface area contributed by atoms with Crippen LogP contribution in [-0.2, 0) is 10.5 Å². The number of benzene rings is 1. The van der Waals surface area contributed by atoms with Crippen molar-refractivity contribution in [2.24, 2.45) is 0 Å². The van der Waals surface area contributed by atoms with Crippen molar-refractivity contribution < 1.29 is 13.9 Å². The van der Waals surface area contributed by atoms with Gasteiger partial charge in [-0.1, -0.05) is 30.8 Å². The molecule has 0 saturated heterocycles. The monoisotopic (exact) mass is 395 g/mol. The summed E-state index contributed by atoms with van der Waals surface area (Å²) in [5.74, 6) is 0.540. The van der Waals surface area contributed by atoms with Gasteiger partial charge in [-0.15, -0.1) is 0 Å². The number of carbonyl (C=O) groups is 1. The molecular weight excluding hydrogens is 378 g/mol. The summed E-state index contributed by atoms with van der Waals surface area (Å²) in [6.45, 7) is 2.33. The van der Waals surface area contributed by atoms with E-state index in [9.17, 15) is 14.9 Å². The number of hydrogen-bond acceptors (Lipinski definition) is 7. The Labute approximate surface area is 165 Å². The zero-order chi connectivity index (χ0) is 19.9. The summed E-state index contributed by atoms with van der Waals surface area (Å²) >= 11 is 1.31. The normalized spacial score (nSPS) is 10.4. The van der Waals surface area contributed by atoms with E-state index >= 15 is 0 Å². The van der Waals surface area contributed by atoms with E-state index in [0.29, 0.717) is 28.8 Å². The molecule has 0 aliphatic heterocycles. The van der Waals surface area contributed by atoms with Crippen molar-refractivity contribution in [2.75, 3.05) is 6.61 Å². The Kier molecular flexibility index (Phi) is 6.29. The Morgan fingerprint density at radius 2 is 2.11 bits per heavy atom. The van der Waals surface area contributed by atoms with Gasteiger partial charge in [0.1, 0.15) is 17.3 Å². The van der Waals surface area contributed by atoms with Crippen molar-refractivity contribution in [3.63, 3.8) is 0 Å². The maximum atomic E-state index is 12.2. The first-order valence-corrected chi connectivity index (χ1v) is 9.58. The van der Waals surface area contributed by atoms with E-state index in [4.69, 9.17) is 9.15 Å². The fourth-order valence-corrected chi connectivity index (χ4v) is 3.20. The molecule has 0 bridgehead atoms. The average molecular weight is 395 g/mol. The molecule has 0 atom stereocenters. The predicted octanol–water partition coefficient (Wildman–Crippen LogP) is 3.76. The molecule has 28 heavy (non-hydrogen) atoms. The van der Waals surface area contributed by atoms with Crippen molar-refractivity contribution in [3.8, 4) is 17.5 Å². The van der Waals surface area contributed by atoms with Crippen molar-refractivity contribution >= 4 is 17.7 Å². The van der Waals surface area contributed by atoms with Gasteiger partial charge in [0.05, 0.1) is 18.4 Å². The highest BCUT2D eigenvalue weighted by Crippen LogP contribution is 2.24. The Morgan fingerprint density at radius 3 is 2.75 bits per heavy atom. The minimum Gasteiger partial charge on any atom is -0.463 e. The van der Waals surface area contributed by atoms with Gasteiger partial charge < -0.3 is 14.1 Å². The highest BCUT2D eigenvalue weighted by Gasteiger charge is 2.15. The third-order valence-corrected chi connectivity index (χ3v) is 4.71. The van der Waals surface area contributed by atoms with E-state index in [1.807, 2.05) is 25.1 Å². The molecule has 0 aliphatic rings. The average Bonchev–Trinajstić information content (AvgIpc) is 3.25. The molecule has 0 aliphatic carbocycles. The van der Waals surface area contributed by atoms with E-state index in [2.05, 4.69) is 9.97 Å². The third-order valence-electron chi connectivity index (χ3n) is 3.77. The third kappa shape index (κ3) is 4.50. The molecule has 3 aromatic rings. The largest absolute Gasteiger partial charge is 0.463 e. The Morgan fingerprint density at radius 1 is 1.32 bits per heavy atom. The van der Waals surface area contributed by atoms with Gasteiger partial charge in [0.2, 0.25) is 0 Å². The van der Waals surface area contributed by atoms with Crippen LogP contribution in [0.2, 0.25) is 0 Å². The van der Waals surface area contributed by atoms with Crippen molar-refractivity contribution in [1.29, 1.82) is 5.26 Å². The number of ether oxygens (including phenoxy) is 1. The number of carbonyl (C=O) groups excluding carboxylic acids is 1. The summed E-state index contributed by atoms with van der Waals surface area (Å²) in [4.78, 5) is 31.0. The van der Waals surface area contributed by atoms with Crippen LogP contribution in [0.15, 0.2) is 57.0 Å². The molecule has 1 aromatic carbocycles. The quantitative estimate of drug-likeness (QED) is 0.368. The molecule has 7 nitrogen and oxygen atoms in total. The second-order valence-corrected chi connectivity index (χ2v) is 6.77. The fraction of sp³-hybridized carbons (Fsp3) is 0.200.